The molecule has 0 saturated carbocycles. The number of thioether (sulfide) groups is 1. The van der Waals surface area contributed by atoms with Gasteiger partial charge >= 0.3 is 5.97 Å². The SMILES string of the molecule is CCSC(=O)c1cc(C#N)c(N2CCC(C(=O)O)CC2)nc1CN1CCCC1=O. The van der Waals surface area contributed by atoms with E-state index >= 15 is 0 Å². The Kier molecular flexibility index (Phi) is 6.75. The molecule has 2 fully saturated rings. The van der Waals surface area contributed by atoms with Crippen LogP contribution in [0.15, 0.2) is 6.07 Å². The number of amides is 1. The number of aliphatic carboxylic acids is 1. The number of hydrogen-bond acceptors (Lipinski definition) is 7. The summed E-state index contributed by atoms with van der Waals surface area (Å²) in [7, 11) is 0. The van der Waals surface area contributed by atoms with Gasteiger partial charge in [0.2, 0.25) is 11.0 Å². The number of carboxylic acid groups (broad SMARTS) is 1. The summed E-state index contributed by atoms with van der Waals surface area (Å²) >= 11 is 1.15. The van der Waals surface area contributed by atoms with Gasteiger partial charge in [-0.2, -0.15) is 5.26 Å². The number of rotatable bonds is 6. The summed E-state index contributed by atoms with van der Waals surface area (Å²) in [6, 6.07) is 3.71. The lowest BCUT2D eigenvalue weighted by molar-refractivity contribution is -0.142. The van der Waals surface area contributed by atoms with E-state index in [-0.39, 0.29) is 23.5 Å². The van der Waals surface area contributed by atoms with Crippen LogP contribution < -0.4 is 4.90 Å². The number of hydrogen-bond donors (Lipinski definition) is 1. The number of carboxylic acids is 1. The fraction of sp³-hybridized carbons (Fsp3) is 0.550. The zero-order chi connectivity index (χ0) is 21.0. The fourth-order valence-corrected chi connectivity index (χ4v) is 4.35. The van der Waals surface area contributed by atoms with E-state index in [2.05, 4.69) is 11.1 Å². The molecule has 1 amide bonds. The van der Waals surface area contributed by atoms with Gasteiger partial charge in [-0.05, 0) is 31.1 Å². The number of pyridine rings is 1. The maximum absolute atomic E-state index is 12.6. The average molecular weight is 417 g/mol. The Morgan fingerprint density at radius 3 is 2.62 bits per heavy atom. The van der Waals surface area contributed by atoms with Gasteiger partial charge in [-0.3, -0.25) is 14.4 Å². The normalized spacial score (nSPS) is 17.4. The number of aromatic nitrogens is 1. The lowest BCUT2D eigenvalue weighted by Gasteiger charge is -2.32. The molecule has 8 nitrogen and oxygen atoms in total. The molecule has 1 N–H and O–H groups in total. The molecule has 29 heavy (non-hydrogen) atoms. The Bertz CT molecular complexity index is 859. The van der Waals surface area contributed by atoms with Crippen LogP contribution in [0.1, 0.15) is 54.2 Å². The van der Waals surface area contributed by atoms with Crippen molar-refractivity contribution in [2.24, 2.45) is 5.92 Å². The Morgan fingerprint density at radius 1 is 1.34 bits per heavy atom. The standard InChI is InChI=1S/C20H24N4O4S/c1-2-29-20(28)15-10-14(11-21)18(23-8-5-13(6-9-23)19(26)27)22-16(15)12-24-7-3-4-17(24)25/h10,13H,2-9,12H2,1H3,(H,26,27). The van der Waals surface area contributed by atoms with Gasteiger partial charge in [0.15, 0.2) is 0 Å². The highest BCUT2D eigenvalue weighted by molar-refractivity contribution is 8.14. The highest BCUT2D eigenvalue weighted by Crippen LogP contribution is 2.29. The molecule has 1 aromatic heterocycles. The number of carbonyl (C=O) groups is 3. The van der Waals surface area contributed by atoms with Crippen molar-refractivity contribution in [3.63, 3.8) is 0 Å². The third-order valence-corrected chi connectivity index (χ3v) is 6.12. The molecule has 154 valence electrons. The maximum Gasteiger partial charge on any atom is 0.306 e. The van der Waals surface area contributed by atoms with Crippen LogP contribution in [0.5, 0.6) is 0 Å². The molecule has 0 radical (unpaired) electrons. The second-order valence-corrected chi connectivity index (χ2v) is 8.44. The van der Waals surface area contributed by atoms with Crippen LogP contribution in [0.3, 0.4) is 0 Å². The first-order valence-corrected chi connectivity index (χ1v) is 10.8. The second-order valence-electron chi connectivity index (χ2n) is 7.20. The Hall–Kier alpha value is -2.60. The minimum atomic E-state index is -0.802. The summed E-state index contributed by atoms with van der Waals surface area (Å²) in [6.07, 6.45) is 2.25. The van der Waals surface area contributed by atoms with Crippen LogP contribution in [0, 0.1) is 17.2 Å². The smallest absolute Gasteiger partial charge is 0.306 e. The van der Waals surface area contributed by atoms with Crippen molar-refractivity contribution in [3.8, 4) is 6.07 Å². The van der Waals surface area contributed by atoms with E-state index in [1.54, 1.807) is 11.0 Å². The number of nitrogens with zero attached hydrogens (tertiary/aromatic N) is 4. The molecule has 2 aliphatic heterocycles. The van der Waals surface area contributed by atoms with E-state index in [4.69, 9.17) is 0 Å². The van der Waals surface area contributed by atoms with Crippen molar-refractivity contribution in [2.75, 3.05) is 30.3 Å². The topological polar surface area (TPSA) is 115 Å². The van der Waals surface area contributed by atoms with Crippen LogP contribution >= 0.6 is 11.8 Å². The van der Waals surface area contributed by atoms with Crippen molar-refractivity contribution in [2.45, 2.75) is 39.2 Å². The molecule has 3 rings (SSSR count). The molecule has 2 saturated heterocycles. The summed E-state index contributed by atoms with van der Waals surface area (Å²) < 4.78 is 0. The monoisotopic (exact) mass is 416 g/mol. The number of nitriles is 1. The quantitative estimate of drug-likeness (QED) is 0.751. The molecule has 0 spiro atoms. The van der Waals surface area contributed by atoms with Crippen molar-refractivity contribution < 1.29 is 19.5 Å². The summed E-state index contributed by atoms with van der Waals surface area (Å²) in [5.41, 5.74) is 1.17. The summed E-state index contributed by atoms with van der Waals surface area (Å²) in [6.45, 7) is 3.73. The Morgan fingerprint density at radius 2 is 2.07 bits per heavy atom. The number of likely N-dealkylation sites (tertiary alicyclic amines) is 1. The van der Waals surface area contributed by atoms with Crippen molar-refractivity contribution in [1.29, 1.82) is 5.26 Å². The molecule has 9 heteroatoms. The van der Waals surface area contributed by atoms with Crippen LogP contribution in [-0.2, 0) is 16.1 Å². The van der Waals surface area contributed by atoms with Gasteiger partial charge < -0.3 is 14.9 Å². The lowest BCUT2D eigenvalue weighted by Crippen LogP contribution is -2.37. The van der Waals surface area contributed by atoms with E-state index in [1.807, 2.05) is 11.8 Å². The number of carbonyl (C=O) groups excluding carboxylic acids is 2. The van der Waals surface area contributed by atoms with Crippen molar-refractivity contribution >= 4 is 34.6 Å². The highest BCUT2D eigenvalue weighted by Gasteiger charge is 2.29. The predicted octanol–water partition coefficient (Wildman–Crippen LogP) is 2.27. The number of piperidine rings is 1. The molecule has 0 aliphatic carbocycles. The summed E-state index contributed by atoms with van der Waals surface area (Å²) in [4.78, 5) is 44.2. The van der Waals surface area contributed by atoms with E-state index in [1.165, 1.54) is 0 Å². The molecular formula is C20H24N4O4S. The second kappa shape index (κ2) is 9.27. The van der Waals surface area contributed by atoms with Crippen molar-refractivity contribution in [3.05, 3.63) is 22.9 Å². The van der Waals surface area contributed by atoms with E-state index < -0.39 is 5.97 Å². The molecule has 1 aromatic rings. The predicted molar refractivity (Wildman–Crippen MR) is 109 cm³/mol. The van der Waals surface area contributed by atoms with E-state index in [0.29, 0.717) is 67.3 Å². The zero-order valence-electron chi connectivity index (χ0n) is 16.4. The Labute approximate surface area is 173 Å². The third kappa shape index (κ3) is 4.70. The fourth-order valence-electron chi connectivity index (χ4n) is 3.76. The maximum atomic E-state index is 12.6. The molecule has 0 aromatic carbocycles. The van der Waals surface area contributed by atoms with Gasteiger partial charge in [-0.15, -0.1) is 0 Å². The summed E-state index contributed by atoms with van der Waals surface area (Å²) in [5.74, 6) is -0.0745. The third-order valence-electron chi connectivity index (χ3n) is 5.35. The summed E-state index contributed by atoms with van der Waals surface area (Å²) in [5, 5.41) is 18.7. The Balaban J connectivity index is 1.95. The van der Waals surface area contributed by atoms with Crippen LogP contribution in [0.25, 0.3) is 0 Å². The first kappa shape index (κ1) is 21.1. The largest absolute Gasteiger partial charge is 0.481 e. The van der Waals surface area contributed by atoms with Crippen LogP contribution in [0.4, 0.5) is 5.82 Å². The molecular weight excluding hydrogens is 392 g/mol. The van der Waals surface area contributed by atoms with Crippen LogP contribution in [0.2, 0.25) is 0 Å². The minimum absolute atomic E-state index is 0.0431. The first-order valence-electron chi connectivity index (χ1n) is 9.81. The molecule has 3 heterocycles. The average Bonchev–Trinajstić information content (AvgIpc) is 3.12. The highest BCUT2D eigenvalue weighted by atomic mass is 32.2. The zero-order valence-corrected chi connectivity index (χ0v) is 17.2. The molecule has 0 atom stereocenters. The van der Waals surface area contributed by atoms with Gasteiger partial charge in [0, 0.05) is 26.1 Å². The lowest BCUT2D eigenvalue weighted by atomic mass is 9.96. The molecule has 0 bridgehead atoms. The first-order chi connectivity index (χ1) is 13.9. The van der Waals surface area contributed by atoms with Gasteiger partial charge in [0.1, 0.15) is 11.9 Å². The molecule has 2 aliphatic rings. The van der Waals surface area contributed by atoms with E-state index in [9.17, 15) is 24.8 Å². The molecule has 0 unspecified atom stereocenters. The number of anilines is 1. The van der Waals surface area contributed by atoms with Gasteiger partial charge in [0.25, 0.3) is 0 Å². The van der Waals surface area contributed by atoms with Gasteiger partial charge in [0.05, 0.1) is 29.3 Å². The van der Waals surface area contributed by atoms with E-state index in [0.717, 1.165) is 18.2 Å². The van der Waals surface area contributed by atoms with Gasteiger partial charge in [-0.1, -0.05) is 18.7 Å². The van der Waals surface area contributed by atoms with Gasteiger partial charge in [-0.25, -0.2) is 4.98 Å². The minimum Gasteiger partial charge on any atom is -0.481 e. The van der Waals surface area contributed by atoms with Crippen molar-refractivity contribution in [1.82, 2.24) is 9.88 Å². The van der Waals surface area contributed by atoms with Crippen LogP contribution in [-0.4, -0.2) is 57.4 Å².